The number of thiazole rings is 1. The predicted molar refractivity (Wildman–Crippen MR) is 203 cm³/mol. The van der Waals surface area contributed by atoms with Crippen LogP contribution in [0.15, 0.2) is 106 Å². The Morgan fingerprint density at radius 2 is 1.69 bits per heavy atom. The maximum atomic E-state index is 14.3. The van der Waals surface area contributed by atoms with Crippen LogP contribution in [-0.4, -0.2) is 29.2 Å². The first-order valence-corrected chi connectivity index (χ1v) is 17.9. The molecule has 1 aromatic heterocycles. The van der Waals surface area contributed by atoms with Crippen molar-refractivity contribution in [3.8, 4) is 11.5 Å². The van der Waals surface area contributed by atoms with Crippen molar-refractivity contribution in [1.82, 2.24) is 4.57 Å². The third kappa shape index (κ3) is 7.33. The van der Waals surface area contributed by atoms with E-state index in [1.165, 1.54) is 23.5 Å². The summed E-state index contributed by atoms with van der Waals surface area (Å²) in [7, 11) is 1.58. The Labute approximate surface area is 311 Å². The fourth-order valence-electron chi connectivity index (χ4n) is 5.36. The zero-order chi connectivity index (χ0) is 34.7. The fourth-order valence-corrected chi connectivity index (χ4v) is 8.49. The second-order valence-electron chi connectivity index (χ2n) is 10.7. The number of ether oxygens (including phenoxy) is 3. The first-order chi connectivity index (χ1) is 23.7. The molecule has 0 amide bonds. The van der Waals surface area contributed by atoms with Gasteiger partial charge in [-0.25, -0.2) is 9.79 Å². The van der Waals surface area contributed by atoms with Gasteiger partial charge < -0.3 is 14.2 Å². The number of halogens is 2. The molecular weight excluding hydrogens is 872 g/mol. The molecule has 0 bridgehead atoms. The van der Waals surface area contributed by atoms with Crippen molar-refractivity contribution in [2.24, 2.45) is 4.99 Å². The van der Waals surface area contributed by atoms with Crippen molar-refractivity contribution in [2.45, 2.75) is 19.6 Å². The van der Waals surface area contributed by atoms with Gasteiger partial charge in [0.2, 0.25) is 0 Å². The Kier molecular flexibility index (Phi) is 10.6. The standard InChI is InChI=1S/C36H27I2N3O7S/c1-3-47-35(43)30-31(23-7-5-4-6-8-23)39-36-40(32(30)24-11-15-26(46-2)16-12-24)34(42)29(49-36)19-22-17-27(37)33(28(38)18-22)48-20-21-9-13-25(14-10-21)41(44)45/h4-19,32H,3,20H2,1-2H3/b29-19-/t32-/m1/s1. The molecule has 0 spiro atoms. The number of carbonyl (C=O) groups is 1. The molecule has 0 saturated heterocycles. The van der Waals surface area contributed by atoms with E-state index in [1.54, 1.807) is 42.9 Å². The molecule has 4 aromatic carbocycles. The molecule has 0 N–H and O–H groups in total. The third-order valence-corrected chi connectivity index (χ3v) is 10.2. The zero-order valence-electron chi connectivity index (χ0n) is 26.1. The lowest BCUT2D eigenvalue weighted by Gasteiger charge is -2.26. The van der Waals surface area contributed by atoms with Gasteiger partial charge in [-0.3, -0.25) is 19.5 Å². The lowest BCUT2D eigenvalue weighted by molar-refractivity contribution is -0.384. The van der Waals surface area contributed by atoms with Gasteiger partial charge in [0.1, 0.15) is 18.1 Å². The van der Waals surface area contributed by atoms with Crippen LogP contribution in [0.2, 0.25) is 0 Å². The number of nitro benzene ring substituents is 1. The highest BCUT2D eigenvalue weighted by Crippen LogP contribution is 2.36. The van der Waals surface area contributed by atoms with Crippen LogP contribution >= 0.6 is 56.5 Å². The van der Waals surface area contributed by atoms with Crippen LogP contribution in [0.25, 0.3) is 11.8 Å². The molecule has 0 unspecified atom stereocenters. The number of nitro groups is 1. The summed E-state index contributed by atoms with van der Waals surface area (Å²) in [5.41, 5.74) is 3.48. The molecule has 10 nitrogen and oxygen atoms in total. The monoisotopic (exact) mass is 899 g/mol. The van der Waals surface area contributed by atoms with E-state index < -0.39 is 16.9 Å². The first-order valence-electron chi connectivity index (χ1n) is 15.0. The lowest BCUT2D eigenvalue weighted by atomic mass is 9.93. The summed E-state index contributed by atoms with van der Waals surface area (Å²) in [6, 6.07) is 26.0. The van der Waals surface area contributed by atoms with E-state index in [-0.39, 0.29) is 30.0 Å². The van der Waals surface area contributed by atoms with Gasteiger partial charge in [-0.2, -0.15) is 0 Å². The molecule has 0 radical (unpaired) electrons. The van der Waals surface area contributed by atoms with Crippen LogP contribution in [-0.2, 0) is 16.1 Å². The van der Waals surface area contributed by atoms with Crippen LogP contribution < -0.4 is 24.4 Å². The van der Waals surface area contributed by atoms with Crippen molar-refractivity contribution < 1.29 is 23.9 Å². The van der Waals surface area contributed by atoms with Gasteiger partial charge in [-0.1, -0.05) is 53.8 Å². The molecule has 1 atom stereocenters. The van der Waals surface area contributed by atoms with Crippen LogP contribution in [0.1, 0.15) is 35.2 Å². The molecule has 13 heteroatoms. The minimum absolute atomic E-state index is 0.0197. The number of rotatable bonds is 10. The van der Waals surface area contributed by atoms with Gasteiger partial charge in [-0.15, -0.1) is 0 Å². The van der Waals surface area contributed by atoms with Crippen molar-refractivity contribution >= 4 is 79.9 Å². The van der Waals surface area contributed by atoms with E-state index in [0.29, 0.717) is 32.1 Å². The second-order valence-corrected chi connectivity index (χ2v) is 14.1. The molecular formula is C36H27I2N3O7S. The minimum atomic E-state index is -0.797. The fraction of sp³-hybridized carbons (Fsp3) is 0.139. The number of benzene rings is 4. The molecule has 0 aliphatic carbocycles. The Balaban J connectivity index is 1.44. The number of methoxy groups -OCH3 is 1. The van der Waals surface area contributed by atoms with Crippen LogP contribution in [0.4, 0.5) is 5.69 Å². The second kappa shape index (κ2) is 15.0. The number of carbonyl (C=O) groups excluding carboxylic acids is 1. The molecule has 5 aromatic rings. The molecule has 6 rings (SSSR count). The maximum absolute atomic E-state index is 14.3. The number of fused-ring (bicyclic) bond motifs is 1. The topological polar surface area (TPSA) is 122 Å². The molecule has 0 fully saturated rings. The number of esters is 1. The molecule has 0 saturated carbocycles. The van der Waals surface area contributed by atoms with Gasteiger partial charge in [0, 0.05) is 17.7 Å². The average molecular weight is 900 g/mol. The van der Waals surface area contributed by atoms with Crippen LogP contribution in [0.3, 0.4) is 0 Å². The smallest absolute Gasteiger partial charge is 0.338 e. The summed E-state index contributed by atoms with van der Waals surface area (Å²) in [6.45, 7) is 2.14. The van der Waals surface area contributed by atoms with Crippen molar-refractivity contribution in [3.05, 3.63) is 156 Å². The summed E-state index contributed by atoms with van der Waals surface area (Å²) in [5, 5.41) is 11.0. The van der Waals surface area contributed by atoms with Crippen LogP contribution in [0.5, 0.6) is 11.5 Å². The SMILES string of the molecule is CCOC(=O)C1=C(c2ccccc2)N=c2s/c(=C\c3cc(I)c(OCc4ccc([N+](=O)[O-])cc4)c(I)c3)c(=O)n2[C@@H]1c1ccc(OC)cc1. The minimum Gasteiger partial charge on any atom is -0.497 e. The summed E-state index contributed by atoms with van der Waals surface area (Å²) in [5.74, 6) is 0.767. The number of hydrogen-bond donors (Lipinski definition) is 0. The Morgan fingerprint density at radius 3 is 2.31 bits per heavy atom. The van der Waals surface area contributed by atoms with E-state index in [4.69, 9.17) is 19.2 Å². The van der Waals surface area contributed by atoms with Gasteiger partial charge in [0.05, 0.1) is 47.6 Å². The highest BCUT2D eigenvalue weighted by atomic mass is 127. The molecule has 1 aliphatic rings. The van der Waals surface area contributed by atoms with Gasteiger partial charge in [-0.05, 0) is 111 Å². The molecule has 2 heterocycles. The van der Waals surface area contributed by atoms with E-state index in [2.05, 4.69) is 45.2 Å². The van der Waals surface area contributed by atoms with E-state index in [9.17, 15) is 19.7 Å². The lowest BCUT2D eigenvalue weighted by Crippen LogP contribution is -2.40. The predicted octanol–water partition coefficient (Wildman–Crippen LogP) is 6.64. The van der Waals surface area contributed by atoms with Gasteiger partial charge in [0.25, 0.3) is 11.2 Å². The quantitative estimate of drug-likeness (QED) is 0.0667. The van der Waals surface area contributed by atoms with Crippen molar-refractivity contribution in [1.29, 1.82) is 0 Å². The Morgan fingerprint density at radius 1 is 1.02 bits per heavy atom. The van der Waals surface area contributed by atoms with E-state index in [0.717, 1.165) is 23.8 Å². The van der Waals surface area contributed by atoms with Crippen molar-refractivity contribution in [3.63, 3.8) is 0 Å². The van der Waals surface area contributed by atoms with Crippen LogP contribution in [0, 0.1) is 17.3 Å². The third-order valence-electron chi connectivity index (χ3n) is 7.65. The zero-order valence-corrected chi connectivity index (χ0v) is 31.2. The highest BCUT2D eigenvalue weighted by molar-refractivity contribution is 14.1. The number of nitrogens with zero attached hydrogens (tertiary/aromatic N) is 3. The van der Waals surface area contributed by atoms with Crippen molar-refractivity contribution in [2.75, 3.05) is 13.7 Å². The largest absolute Gasteiger partial charge is 0.497 e. The molecule has 49 heavy (non-hydrogen) atoms. The van der Waals surface area contributed by atoms with Gasteiger partial charge in [0.15, 0.2) is 4.80 Å². The molecule has 248 valence electrons. The normalized spacial score (nSPS) is 14.2. The summed E-state index contributed by atoms with van der Waals surface area (Å²) in [6.07, 6.45) is 1.82. The van der Waals surface area contributed by atoms with E-state index in [1.807, 2.05) is 60.7 Å². The first kappa shape index (κ1) is 34.5. The summed E-state index contributed by atoms with van der Waals surface area (Å²) >= 11 is 5.64. The average Bonchev–Trinajstić information content (AvgIpc) is 3.41. The Bertz CT molecular complexity index is 2240. The maximum Gasteiger partial charge on any atom is 0.338 e. The number of aromatic nitrogens is 1. The van der Waals surface area contributed by atoms with E-state index >= 15 is 0 Å². The highest BCUT2D eigenvalue weighted by Gasteiger charge is 2.35. The Hall–Kier alpha value is -4.35. The number of non-ortho nitro benzene ring substituents is 1. The number of hydrogen-bond acceptors (Lipinski definition) is 9. The summed E-state index contributed by atoms with van der Waals surface area (Å²) in [4.78, 5) is 43.8. The summed E-state index contributed by atoms with van der Waals surface area (Å²) < 4.78 is 20.7. The molecule has 1 aliphatic heterocycles. The van der Waals surface area contributed by atoms with Gasteiger partial charge >= 0.3 is 5.97 Å².